The van der Waals surface area contributed by atoms with Crippen molar-refractivity contribution in [2.45, 2.75) is 19.8 Å². The number of amides is 2. The first kappa shape index (κ1) is 20.5. The van der Waals surface area contributed by atoms with Gasteiger partial charge in [-0.25, -0.2) is 0 Å². The molecule has 0 radical (unpaired) electrons. The molecule has 0 fully saturated rings. The molecule has 0 unspecified atom stereocenters. The van der Waals surface area contributed by atoms with E-state index in [1.165, 1.54) is 11.3 Å². The van der Waals surface area contributed by atoms with Crippen molar-refractivity contribution >= 4 is 44.2 Å². The number of carbonyl (C=O) groups excluding carboxylic acids is 2. The van der Waals surface area contributed by atoms with E-state index in [2.05, 4.69) is 31.4 Å². The zero-order chi connectivity index (χ0) is 18.9. The number of aromatic nitrogens is 2. The summed E-state index contributed by atoms with van der Waals surface area (Å²) in [6.45, 7) is 3.07. The summed E-state index contributed by atoms with van der Waals surface area (Å²) in [5, 5.41) is 12.0. The highest BCUT2D eigenvalue weighted by molar-refractivity contribution is 9.10. The van der Waals surface area contributed by atoms with Crippen LogP contribution in [0.3, 0.4) is 0 Å². The van der Waals surface area contributed by atoms with Gasteiger partial charge >= 0.3 is 0 Å². The van der Waals surface area contributed by atoms with E-state index < -0.39 is 0 Å². The number of benzene rings is 1. The van der Waals surface area contributed by atoms with Gasteiger partial charge in [0.1, 0.15) is 5.01 Å². The number of hydrogen-bond donors (Lipinski definition) is 1. The van der Waals surface area contributed by atoms with Crippen LogP contribution in [0.25, 0.3) is 10.6 Å². The molecular weight excluding hydrogens is 420 g/mol. The fourth-order valence-electron chi connectivity index (χ4n) is 2.19. The number of methoxy groups -OCH3 is 1. The number of nitrogens with one attached hydrogen (secondary N) is 1. The average Bonchev–Trinajstić information content (AvgIpc) is 3.10. The van der Waals surface area contributed by atoms with Crippen LogP contribution in [0.2, 0.25) is 0 Å². The van der Waals surface area contributed by atoms with Crippen LogP contribution >= 0.6 is 27.3 Å². The molecular formula is C17H21BrN4O3S. The van der Waals surface area contributed by atoms with Gasteiger partial charge in [-0.1, -0.05) is 46.3 Å². The van der Waals surface area contributed by atoms with E-state index in [9.17, 15) is 9.59 Å². The monoisotopic (exact) mass is 440 g/mol. The van der Waals surface area contributed by atoms with Gasteiger partial charge < -0.3 is 15.0 Å². The van der Waals surface area contributed by atoms with Crippen LogP contribution in [0, 0.1) is 0 Å². The minimum atomic E-state index is -0.199. The van der Waals surface area contributed by atoms with Crippen molar-refractivity contribution in [1.82, 2.24) is 15.1 Å². The van der Waals surface area contributed by atoms with E-state index in [-0.39, 0.29) is 18.2 Å². The molecule has 140 valence electrons. The number of carbonyl (C=O) groups is 2. The van der Waals surface area contributed by atoms with Crippen LogP contribution in [-0.4, -0.2) is 53.7 Å². The molecule has 1 heterocycles. The van der Waals surface area contributed by atoms with Crippen LogP contribution in [0.15, 0.2) is 28.7 Å². The summed E-state index contributed by atoms with van der Waals surface area (Å²) in [6.07, 6.45) is 0.598. The number of halogens is 1. The Morgan fingerprint density at radius 2 is 1.96 bits per heavy atom. The van der Waals surface area contributed by atoms with Crippen molar-refractivity contribution in [3.05, 3.63) is 28.7 Å². The molecule has 7 nitrogen and oxygen atoms in total. The minimum absolute atomic E-state index is 0.00305. The van der Waals surface area contributed by atoms with Crippen LogP contribution in [0.1, 0.15) is 19.8 Å². The third kappa shape index (κ3) is 6.15. The molecule has 1 aromatic carbocycles. The molecule has 0 aliphatic rings. The lowest BCUT2D eigenvalue weighted by Gasteiger charge is -2.21. The normalized spacial score (nSPS) is 10.6. The number of hydrogen-bond acceptors (Lipinski definition) is 6. The second-order valence-corrected chi connectivity index (χ2v) is 7.34. The predicted octanol–water partition coefficient (Wildman–Crippen LogP) is 3.18. The number of nitrogens with zero attached hydrogens (tertiary/aromatic N) is 3. The fraction of sp³-hybridized carbons (Fsp3) is 0.412. The summed E-state index contributed by atoms with van der Waals surface area (Å²) in [7, 11) is 1.58. The Balaban J connectivity index is 1.89. The quantitative estimate of drug-likeness (QED) is 0.646. The summed E-state index contributed by atoms with van der Waals surface area (Å²) in [6, 6.07) is 7.71. The molecule has 1 aromatic heterocycles. The van der Waals surface area contributed by atoms with Crippen LogP contribution < -0.4 is 5.32 Å². The lowest BCUT2D eigenvalue weighted by Crippen LogP contribution is -2.35. The highest BCUT2D eigenvalue weighted by Crippen LogP contribution is 2.27. The van der Waals surface area contributed by atoms with Crippen molar-refractivity contribution in [2.24, 2.45) is 0 Å². The zero-order valence-corrected chi connectivity index (χ0v) is 17.1. The molecule has 0 atom stereocenters. The predicted molar refractivity (Wildman–Crippen MR) is 105 cm³/mol. The molecule has 0 aliphatic heterocycles. The Hall–Kier alpha value is -1.84. The van der Waals surface area contributed by atoms with E-state index in [1.54, 1.807) is 18.9 Å². The third-order valence-electron chi connectivity index (χ3n) is 3.59. The second kappa shape index (κ2) is 10.3. The lowest BCUT2D eigenvalue weighted by molar-refractivity contribution is -0.131. The molecule has 0 saturated carbocycles. The molecule has 26 heavy (non-hydrogen) atoms. The number of anilines is 1. The molecule has 0 saturated heterocycles. The first-order valence-corrected chi connectivity index (χ1v) is 9.80. The largest absolute Gasteiger partial charge is 0.383 e. The maximum atomic E-state index is 12.1. The highest BCUT2D eigenvalue weighted by atomic mass is 79.9. The van der Waals surface area contributed by atoms with E-state index in [0.29, 0.717) is 31.2 Å². The summed E-state index contributed by atoms with van der Waals surface area (Å²) >= 11 is 4.70. The zero-order valence-electron chi connectivity index (χ0n) is 14.7. The Morgan fingerprint density at radius 3 is 2.62 bits per heavy atom. The van der Waals surface area contributed by atoms with Crippen LogP contribution in [0.4, 0.5) is 5.13 Å². The fourth-order valence-corrected chi connectivity index (χ4v) is 3.22. The van der Waals surface area contributed by atoms with Gasteiger partial charge in [0.25, 0.3) is 0 Å². The molecule has 2 rings (SSSR count). The molecule has 0 spiro atoms. The van der Waals surface area contributed by atoms with Gasteiger partial charge in [-0.2, -0.15) is 0 Å². The molecule has 0 aliphatic carbocycles. The van der Waals surface area contributed by atoms with Crippen LogP contribution in [-0.2, 0) is 14.3 Å². The Kier molecular flexibility index (Phi) is 8.14. The van der Waals surface area contributed by atoms with Crippen molar-refractivity contribution in [3.8, 4) is 10.6 Å². The van der Waals surface area contributed by atoms with Gasteiger partial charge in [0, 0.05) is 43.1 Å². The number of rotatable bonds is 9. The molecule has 0 bridgehead atoms. The average molecular weight is 441 g/mol. The highest BCUT2D eigenvalue weighted by Gasteiger charge is 2.14. The SMILES string of the molecule is CCC(=O)N(CCOC)CCC(=O)Nc1nnc(-c2ccc(Br)cc2)s1. The van der Waals surface area contributed by atoms with Gasteiger partial charge in [-0.05, 0) is 12.1 Å². The topological polar surface area (TPSA) is 84.4 Å². The lowest BCUT2D eigenvalue weighted by atomic mass is 10.2. The minimum Gasteiger partial charge on any atom is -0.383 e. The molecule has 9 heteroatoms. The van der Waals surface area contributed by atoms with Crippen LogP contribution in [0.5, 0.6) is 0 Å². The van der Waals surface area contributed by atoms with Gasteiger partial charge in [-0.15, -0.1) is 10.2 Å². The Bertz CT molecular complexity index is 736. The molecule has 1 N–H and O–H groups in total. The van der Waals surface area contributed by atoms with Gasteiger partial charge in [-0.3, -0.25) is 9.59 Å². The van der Waals surface area contributed by atoms with E-state index >= 15 is 0 Å². The van der Waals surface area contributed by atoms with Gasteiger partial charge in [0.05, 0.1) is 6.61 Å². The Morgan fingerprint density at radius 1 is 1.23 bits per heavy atom. The van der Waals surface area contributed by atoms with Gasteiger partial charge in [0.15, 0.2) is 0 Å². The second-order valence-electron chi connectivity index (χ2n) is 5.44. The Labute approximate surface area is 164 Å². The molecule has 2 amide bonds. The van der Waals surface area contributed by atoms with Gasteiger partial charge in [0.2, 0.25) is 16.9 Å². The summed E-state index contributed by atoms with van der Waals surface area (Å²) in [5.41, 5.74) is 0.936. The van der Waals surface area contributed by atoms with Crippen molar-refractivity contribution in [3.63, 3.8) is 0 Å². The summed E-state index contributed by atoms with van der Waals surface area (Å²) in [5.74, 6) is -0.196. The first-order chi connectivity index (χ1) is 12.5. The van der Waals surface area contributed by atoms with Crippen molar-refractivity contribution < 1.29 is 14.3 Å². The van der Waals surface area contributed by atoms with E-state index in [1.807, 2.05) is 24.3 Å². The smallest absolute Gasteiger partial charge is 0.227 e. The van der Waals surface area contributed by atoms with E-state index in [0.717, 1.165) is 15.0 Å². The first-order valence-electron chi connectivity index (χ1n) is 8.19. The number of ether oxygens (including phenoxy) is 1. The van der Waals surface area contributed by atoms with Crippen molar-refractivity contribution in [1.29, 1.82) is 0 Å². The summed E-state index contributed by atoms with van der Waals surface area (Å²) < 4.78 is 5.99. The standard InChI is InChI=1S/C17H21BrN4O3S/c1-3-15(24)22(10-11-25-2)9-8-14(23)19-17-21-20-16(26-17)12-4-6-13(18)7-5-12/h4-7H,3,8-11H2,1-2H3,(H,19,21,23). The maximum absolute atomic E-state index is 12.1. The maximum Gasteiger partial charge on any atom is 0.227 e. The van der Waals surface area contributed by atoms with E-state index in [4.69, 9.17) is 4.74 Å². The third-order valence-corrected chi connectivity index (χ3v) is 5.01. The van der Waals surface area contributed by atoms with Crippen molar-refractivity contribution in [2.75, 3.05) is 32.1 Å². The molecule has 2 aromatic rings. The summed E-state index contributed by atoms with van der Waals surface area (Å²) in [4.78, 5) is 25.7.